The summed E-state index contributed by atoms with van der Waals surface area (Å²) in [5.74, 6) is -0.914. The van der Waals surface area contributed by atoms with E-state index in [1.807, 2.05) is 17.1 Å². The molecule has 106 valence electrons. The highest BCUT2D eigenvalue weighted by atomic mass is 16.4. The molecule has 5 nitrogen and oxygen atoms in total. The molecule has 0 radical (unpaired) electrons. The summed E-state index contributed by atoms with van der Waals surface area (Å²) < 4.78 is 1.93. The molecule has 2 rings (SSSR count). The zero-order valence-corrected chi connectivity index (χ0v) is 11.9. The van der Waals surface area contributed by atoms with Crippen LogP contribution < -0.4 is 5.32 Å². The second kappa shape index (κ2) is 5.36. The average molecular weight is 273 g/mol. The Morgan fingerprint density at radius 2 is 1.95 bits per heavy atom. The maximum atomic E-state index is 10.8. The maximum Gasteiger partial charge on any atom is 0.335 e. The molecular weight excluding hydrogens is 254 g/mol. The number of rotatable bonds is 4. The molecule has 5 heteroatoms. The van der Waals surface area contributed by atoms with Crippen molar-refractivity contribution in [2.24, 2.45) is 0 Å². The smallest absolute Gasteiger partial charge is 0.335 e. The highest BCUT2D eigenvalue weighted by Gasteiger charge is 2.13. The number of aromatic nitrogens is 2. The van der Waals surface area contributed by atoms with Gasteiger partial charge in [-0.3, -0.25) is 4.68 Å². The van der Waals surface area contributed by atoms with Crippen LogP contribution >= 0.6 is 0 Å². The van der Waals surface area contributed by atoms with Gasteiger partial charge in [0, 0.05) is 24.0 Å². The Morgan fingerprint density at radius 1 is 1.30 bits per heavy atom. The molecule has 0 unspecified atom stereocenters. The van der Waals surface area contributed by atoms with E-state index >= 15 is 0 Å². The molecule has 1 aromatic carbocycles. The number of anilines is 1. The van der Waals surface area contributed by atoms with Crippen molar-refractivity contribution in [2.45, 2.75) is 32.9 Å². The molecule has 0 saturated heterocycles. The lowest BCUT2D eigenvalue weighted by Gasteiger charge is -2.18. The summed E-state index contributed by atoms with van der Waals surface area (Å²) in [5, 5.41) is 16.4. The van der Waals surface area contributed by atoms with Crippen LogP contribution in [0.1, 0.15) is 36.7 Å². The van der Waals surface area contributed by atoms with E-state index in [1.54, 1.807) is 24.3 Å². The van der Waals surface area contributed by atoms with Crippen molar-refractivity contribution in [1.82, 2.24) is 9.78 Å². The molecule has 0 spiro atoms. The van der Waals surface area contributed by atoms with E-state index in [9.17, 15) is 4.79 Å². The van der Waals surface area contributed by atoms with Gasteiger partial charge in [-0.05, 0) is 45.0 Å². The number of nitrogens with one attached hydrogen (secondary N) is 1. The van der Waals surface area contributed by atoms with Gasteiger partial charge >= 0.3 is 5.97 Å². The molecule has 20 heavy (non-hydrogen) atoms. The minimum atomic E-state index is -0.914. The van der Waals surface area contributed by atoms with Crippen LogP contribution in [0, 0.1) is 0 Å². The lowest BCUT2D eigenvalue weighted by Crippen LogP contribution is -2.21. The Balaban J connectivity index is 1.98. The molecule has 0 aliphatic rings. The summed E-state index contributed by atoms with van der Waals surface area (Å²) >= 11 is 0. The monoisotopic (exact) mass is 273 g/mol. The minimum absolute atomic E-state index is 0.0264. The first kappa shape index (κ1) is 14.1. The second-order valence-corrected chi connectivity index (χ2v) is 5.70. The third-order valence-electron chi connectivity index (χ3n) is 2.95. The molecular formula is C15H19N3O2. The summed E-state index contributed by atoms with van der Waals surface area (Å²) in [5.41, 5.74) is 2.23. The van der Waals surface area contributed by atoms with Crippen LogP contribution in [-0.2, 0) is 12.1 Å². The fourth-order valence-corrected chi connectivity index (χ4v) is 1.75. The van der Waals surface area contributed by atoms with Gasteiger partial charge in [0.25, 0.3) is 0 Å². The van der Waals surface area contributed by atoms with Crippen molar-refractivity contribution < 1.29 is 9.90 Å². The van der Waals surface area contributed by atoms with Gasteiger partial charge in [-0.1, -0.05) is 0 Å². The Labute approximate surface area is 118 Å². The topological polar surface area (TPSA) is 67.2 Å². The van der Waals surface area contributed by atoms with Crippen molar-refractivity contribution in [1.29, 1.82) is 0 Å². The van der Waals surface area contributed by atoms with Crippen molar-refractivity contribution in [3.8, 4) is 0 Å². The summed E-state index contributed by atoms with van der Waals surface area (Å²) in [4.78, 5) is 10.8. The first-order valence-electron chi connectivity index (χ1n) is 6.47. The molecule has 0 amide bonds. The quantitative estimate of drug-likeness (QED) is 0.898. The molecule has 0 atom stereocenters. The van der Waals surface area contributed by atoms with E-state index in [0.29, 0.717) is 6.54 Å². The number of nitrogens with zero attached hydrogens (tertiary/aromatic N) is 2. The van der Waals surface area contributed by atoms with Gasteiger partial charge in [0.2, 0.25) is 0 Å². The minimum Gasteiger partial charge on any atom is -0.478 e. The van der Waals surface area contributed by atoms with E-state index < -0.39 is 5.97 Å². The number of carboxylic acids is 1. The van der Waals surface area contributed by atoms with E-state index in [2.05, 4.69) is 31.2 Å². The molecule has 0 aliphatic heterocycles. The summed E-state index contributed by atoms with van der Waals surface area (Å²) in [6.07, 6.45) is 3.85. The van der Waals surface area contributed by atoms with E-state index in [1.165, 1.54) is 0 Å². The Morgan fingerprint density at radius 3 is 2.45 bits per heavy atom. The summed E-state index contributed by atoms with van der Waals surface area (Å²) in [7, 11) is 0. The molecule has 0 fully saturated rings. The Bertz CT molecular complexity index is 594. The first-order chi connectivity index (χ1) is 9.36. The predicted octanol–water partition coefficient (Wildman–Crippen LogP) is 2.95. The molecule has 2 aromatic rings. The maximum absolute atomic E-state index is 10.8. The SMILES string of the molecule is CC(C)(C)n1cc(CNc2ccc(C(=O)O)cc2)cn1. The Kier molecular flexibility index (Phi) is 3.79. The van der Waals surface area contributed by atoms with Gasteiger partial charge in [-0.25, -0.2) is 4.79 Å². The van der Waals surface area contributed by atoms with Crippen molar-refractivity contribution in [3.63, 3.8) is 0 Å². The van der Waals surface area contributed by atoms with Crippen LogP contribution in [0.4, 0.5) is 5.69 Å². The molecule has 2 N–H and O–H groups in total. The van der Waals surface area contributed by atoms with Crippen LogP contribution in [0.2, 0.25) is 0 Å². The number of aromatic carboxylic acids is 1. The van der Waals surface area contributed by atoms with Crippen LogP contribution in [0.3, 0.4) is 0 Å². The lowest BCUT2D eigenvalue weighted by atomic mass is 10.1. The average Bonchev–Trinajstić information content (AvgIpc) is 2.85. The second-order valence-electron chi connectivity index (χ2n) is 5.70. The Hall–Kier alpha value is -2.30. The zero-order chi connectivity index (χ0) is 14.8. The van der Waals surface area contributed by atoms with Gasteiger partial charge < -0.3 is 10.4 Å². The zero-order valence-electron chi connectivity index (χ0n) is 11.9. The fourth-order valence-electron chi connectivity index (χ4n) is 1.75. The number of benzene rings is 1. The van der Waals surface area contributed by atoms with Crippen LogP contribution in [0.5, 0.6) is 0 Å². The lowest BCUT2D eigenvalue weighted by molar-refractivity contribution is 0.0697. The number of hydrogen-bond donors (Lipinski definition) is 2. The predicted molar refractivity (Wildman–Crippen MR) is 78.0 cm³/mol. The number of carboxylic acid groups (broad SMARTS) is 1. The van der Waals surface area contributed by atoms with Gasteiger partial charge in [-0.15, -0.1) is 0 Å². The van der Waals surface area contributed by atoms with E-state index in [4.69, 9.17) is 5.11 Å². The molecule has 0 aliphatic carbocycles. The standard InChI is InChI=1S/C15H19N3O2/c1-15(2,3)18-10-11(9-17-18)8-16-13-6-4-12(5-7-13)14(19)20/h4-7,9-10,16H,8H2,1-3H3,(H,19,20). The van der Waals surface area contributed by atoms with E-state index in [0.717, 1.165) is 11.3 Å². The van der Waals surface area contributed by atoms with Gasteiger partial charge in [0.05, 0.1) is 17.3 Å². The molecule has 0 saturated carbocycles. The highest BCUT2D eigenvalue weighted by Crippen LogP contribution is 2.15. The highest BCUT2D eigenvalue weighted by molar-refractivity contribution is 5.87. The number of carbonyl (C=O) groups is 1. The molecule has 1 aromatic heterocycles. The van der Waals surface area contributed by atoms with Gasteiger partial charge in [0.1, 0.15) is 0 Å². The third kappa shape index (κ3) is 3.38. The third-order valence-corrected chi connectivity index (χ3v) is 2.95. The van der Waals surface area contributed by atoms with Crippen LogP contribution in [-0.4, -0.2) is 20.9 Å². The van der Waals surface area contributed by atoms with Crippen molar-refractivity contribution in [3.05, 3.63) is 47.8 Å². The summed E-state index contributed by atoms with van der Waals surface area (Å²) in [6, 6.07) is 6.70. The first-order valence-corrected chi connectivity index (χ1v) is 6.47. The normalized spacial score (nSPS) is 11.3. The number of hydrogen-bond acceptors (Lipinski definition) is 3. The van der Waals surface area contributed by atoms with Crippen molar-refractivity contribution in [2.75, 3.05) is 5.32 Å². The van der Waals surface area contributed by atoms with Crippen LogP contribution in [0.15, 0.2) is 36.7 Å². The van der Waals surface area contributed by atoms with Gasteiger partial charge in [-0.2, -0.15) is 5.10 Å². The fraction of sp³-hybridized carbons (Fsp3) is 0.333. The largest absolute Gasteiger partial charge is 0.478 e. The van der Waals surface area contributed by atoms with Crippen molar-refractivity contribution >= 4 is 11.7 Å². The molecule has 1 heterocycles. The van der Waals surface area contributed by atoms with Crippen LogP contribution in [0.25, 0.3) is 0 Å². The molecule has 0 bridgehead atoms. The summed E-state index contributed by atoms with van der Waals surface area (Å²) in [6.45, 7) is 6.95. The van der Waals surface area contributed by atoms with Gasteiger partial charge in [0.15, 0.2) is 0 Å². The van der Waals surface area contributed by atoms with E-state index in [-0.39, 0.29) is 11.1 Å².